The van der Waals surface area contributed by atoms with Crippen LogP contribution in [0.4, 0.5) is 0 Å². The smallest absolute Gasteiger partial charge is 0.341 e. The molecule has 0 atom stereocenters. The molecular weight excluding hydrogens is 404 g/mol. The molecule has 128 valence electrons. The van der Waals surface area contributed by atoms with Gasteiger partial charge in [0.1, 0.15) is 16.5 Å². The molecule has 0 unspecified atom stereocenters. The number of benzene rings is 1. The molecule has 1 aromatic carbocycles. The standard InChI is InChI=1S/C15H14BrClN2O5/c1-18-13(20)6-12(17)19(15(18)22)7-8-4-11(23-2)9(5-10(8)16)14(21)24-3/h4-6H,7H2,1-3H3. The van der Waals surface area contributed by atoms with Crippen molar-refractivity contribution in [3.05, 3.63) is 59.8 Å². The molecule has 0 radical (unpaired) electrons. The summed E-state index contributed by atoms with van der Waals surface area (Å²) in [5.41, 5.74) is -0.147. The lowest BCUT2D eigenvalue weighted by molar-refractivity contribution is 0.0597. The van der Waals surface area contributed by atoms with Crippen LogP contribution in [0.2, 0.25) is 5.15 Å². The van der Waals surface area contributed by atoms with E-state index in [1.807, 2.05) is 0 Å². The molecule has 0 bridgehead atoms. The van der Waals surface area contributed by atoms with Gasteiger partial charge in [0.05, 0.1) is 20.8 Å². The Morgan fingerprint density at radius 3 is 2.50 bits per heavy atom. The van der Waals surface area contributed by atoms with Crippen LogP contribution in [0.5, 0.6) is 5.75 Å². The second-order valence-electron chi connectivity index (χ2n) is 4.87. The van der Waals surface area contributed by atoms with E-state index >= 15 is 0 Å². The molecule has 7 nitrogen and oxygen atoms in total. The van der Waals surface area contributed by atoms with E-state index in [0.717, 1.165) is 10.6 Å². The van der Waals surface area contributed by atoms with Gasteiger partial charge in [-0.2, -0.15) is 0 Å². The van der Waals surface area contributed by atoms with Crippen molar-refractivity contribution < 1.29 is 14.3 Å². The summed E-state index contributed by atoms with van der Waals surface area (Å²) in [4.78, 5) is 35.6. The minimum absolute atomic E-state index is 0.0195. The molecule has 0 saturated heterocycles. The zero-order chi connectivity index (χ0) is 18.0. The van der Waals surface area contributed by atoms with E-state index in [0.29, 0.717) is 15.8 Å². The van der Waals surface area contributed by atoms with Gasteiger partial charge in [-0.3, -0.25) is 13.9 Å². The number of ether oxygens (including phenoxy) is 2. The highest BCUT2D eigenvalue weighted by atomic mass is 79.9. The van der Waals surface area contributed by atoms with Gasteiger partial charge in [0.25, 0.3) is 5.56 Å². The van der Waals surface area contributed by atoms with Crippen molar-refractivity contribution in [2.45, 2.75) is 6.54 Å². The maximum atomic E-state index is 12.2. The zero-order valence-corrected chi connectivity index (χ0v) is 15.5. The Morgan fingerprint density at radius 1 is 1.25 bits per heavy atom. The number of nitrogens with zero attached hydrogens (tertiary/aromatic N) is 2. The molecule has 0 spiro atoms. The van der Waals surface area contributed by atoms with Crippen molar-refractivity contribution in [1.29, 1.82) is 0 Å². The molecule has 2 rings (SSSR count). The summed E-state index contributed by atoms with van der Waals surface area (Å²) in [5.74, 6) is -0.245. The van der Waals surface area contributed by atoms with Crippen molar-refractivity contribution in [1.82, 2.24) is 9.13 Å². The average molecular weight is 418 g/mol. The summed E-state index contributed by atoms with van der Waals surface area (Å²) < 4.78 is 12.7. The molecule has 0 aliphatic carbocycles. The van der Waals surface area contributed by atoms with E-state index in [9.17, 15) is 14.4 Å². The number of rotatable bonds is 4. The molecular formula is C15H14BrClN2O5. The third-order valence-corrected chi connectivity index (χ3v) is 4.50. The van der Waals surface area contributed by atoms with E-state index in [1.165, 1.54) is 25.8 Å². The van der Waals surface area contributed by atoms with Crippen LogP contribution in [0.1, 0.15) is 15.9 Å². The maximum Gasteiger partial charge on any atom is 0.341 e. The Bertz CT molecular complexity index is 919. The molecule has 1 aromatic heterocycles. The molecule has 0 amide bonds. The highest BCUT2D eigenvalue weighted by Gasteiger charge is 2.17. The first kappa shape index (κ1) is 18.3. The number of hydrogen-bond donors (Lipinski definition) is 0. The van der Waals surface area contributed by atoms with Crippen LogP contribution < -0.4 is 16.0 Å². The predicted molar refractivity (Wildman–Crippen MR) is 92.1 cm³/mol. The third kappa shape index (κ3) is 3.39. The van der Waals surface area contributed by atoms with E-state index in [1.54, 1.807) is 12.1 Å². The van der Waals surface area contributed by atoms with E-state index in [-0.39, 0.29) is 17.3 Å². The van der Waals surface area contributed by atoms with Crippen LogP contribution in [-0.4, -0.2) is 29.3 Å². The third-order valence-electron chi connectivity index (χ3n) is 3.45. The molecule has 0 aliphatic heterocycles. The molecule has 0 fully saturated rings. The normalized spacial score (nSPS) is 10.5. The summed E-state index contributed by atoms with van der Waals surface area (Å²) in [5, 5.41) is 0.0195. The van der Waals surface area contributed by atoms with Gasteiger partial charge >= 0.3 is 11.7 Å². The molecule has 0 aliphatic rings. The summed E-state index contributed by atoms with van der Waals surface area (Å²) in [6, 6.07) is 4.31. The zero-order valence-electron chi connectivity index (χ0n) is 13.1. The van der Waals surface area contributed by atoms with Gasteiger partial charge in [0.2, 0.25) is 0 Å². The van der Waals surface area contributed by atoms with Crippen molar-refractivity contribution >= 4 is 33.5 Å². The fraction of sp³-hybridized carbons (Fsp3) is 0.267. The molecule has 0 saturated carbocycles. The highest BCUT2D eigenvalue weighted by Crippen LogP contribution is 2.29. The summed E-state index contributed by atoms with van der Waals surface area (Å²) in [7, 11) is 4.06. The number of aromatic nitrogens is 2. The van der Waals surface area contributed by atoms with Crippen LogP contribution >= 0.6 is 27.5 Å². The number of hydrogen-bond acceptors (Lipinski definition) is 5. The van der Waals surface area contributed by atoms with E-state index in [2.05, 4.69) is 15.9 Å². The van der Waals surface area contributed by atoms with Crippen LogP contribution in [0.25, 0.3) is 0 Å². The lowest BCUT2D eigenvalue weighted by Crippen LogP contribution is -2.38. The number of methoxy groups -OCH3 is 2. The fourth-order valence-corrected chi connectivity index (χ4v) is 2.81. The lowest BCUT2D eigenvalue weighted by Gasteiger charge is -2.14. The first-order valence-corrected chi connectivity index (χ1v) is 7.88. The van der Waals surface area contributed by atoms with Gasteiger partial charge in [-0.15, -0.1) is 0 Å². The SMILES string of the molecule is COC(=O)c1cc(Br)c(Cn2c(Cl)cc(=O)n(C)c2=O)cc1OC. The number of carbonyl (C=O) groups excluding carboxylic acids is 1. The van der Waals surface area contributed by atoms with Crippen LogP contribution in [0, 0.1) is 0 Å². The van der Waals surface area contributed by atoms with Crippen molar-refractivity contribution in [3.63, 3.8) is 0 Å². The minimum atomic E-state index is -0.546. The van der Waals surface area contributed by atoms with E-state index in [4.69, 9.17) is 21.1 Å². The number of halogens is 2. The topological polar surface area (TPSA) is 79.5 Å². The van der Waals surface area contributed by atoms with Crippen LogP contribution in [-0.2, 0) is 18.3 Å². The monoisotopic (exact) mass is 416 g/mol. The van der Waals surface area contributed by atoms with Crippen molar-refractivity contribution in [2.24, 2.45) is 7.05 Å². The molecule has 9 heteroatoms. The van der Waals surface area contributed by atoms with Crippen molar-refractivity contribution in [3.8, 4) is 5.75 Å². The van der Waals surface area contributed by atoms with Crippen LogP contribution in [0.15, 0.2) is 32.3 Å². The van der Waals surface area contributed by atoms with Gasteiger partial charge in [-0.05, 0) is 17.7 Å². The molecule has 0 N–H and O–H groups in total. The minimum Gasteiger partial charge on any atom is -0.496 e. The van der Waals surface area contributed by atoms with E-state index < -0.39 is 17.2 Å². The number of esters is 1. The Hall–Kier alpha value is -2.06. The van der Waals surface area contributed by atoms with Gasteiger partial charge < -0.3 is 9.47 Å². The quantitative estimate of drug-likeness (QED) is 0.560. The second-order valence-corrected chi connectivity index (χ2v) is 6.11. The lowest BCUT2D eigenvalue weighted by atomic mass is 10.1. The Labute approximate surface area is 150 Å². The van der Waals surface area contributed by atoms with Gasteiger partial charge in [-0.25, -0.2) is 9.59 Å². The Kier molecular flexibility index (Phi) is 5.51. The first-order valence-electron chi connectivity index (χ1n) is 6.71. The summed E-state index contributed by atoms with van der Waals surface area (Å²) in [6.45, 7) is 0.0875. The van der Waals surface area contributed by atoms with Gasteiger partial charge in [0, 0.05) is 17.6 Å². The molecule has 2 aromatic rings. The van der Waals surface area contributed by atoms with Gasteiger partial charge in [-0.1, -0.05) is 27.5 Å². The summed E-state index contributed by atoms with van der Waals surface area (Å²) >= 11 is 9.37. The van der Waals surface area contributed by atoms with Crippen molar-refractivity contribution in [2.75, 3.05) is 14.2 Å². The van der Waals surface area contributed by atoms with Gasteiger partial charge in [0.15, 0.2) is 0 Å². The maximum absolute atomic E-state index is 12.2. The summed E-state index contributed by atoms with van der Waals surface area (Å²) in [6.07, 6.45) is 0. The van der Waals surface area contributed by atoms with Crippen LogP contribution in [0.3, 0.4) is 0 Å². The Balaban J connectivity index is 2.56. The number of carbonyl (C=O) groups is 1. The molecule has 1 heterocycles. The predicted octanol–water partition coefficient (Wildman–Crippen LogP) is 1.81. The first-order chi connectivity index (χ1) is 11.3. The Morgan fingerprint density at radius 2 is 1.92 bits per heavy atom. The fourth-order valence-electron chi connectivity index (χ4n) is 2.11. The second kappa shape index (κ2) is 7.23. The average Bonchev–Trinajstić information content (AvgIpc) is 2.56. The molecule has 24 heavy (non-hydrogen) atoms. The highest BCUT2D eigenvalue weighted by molar-refractivity contribution is 9.10. The largest absolute Gasteiger partial charge is 0.496 e.